The van der Waals surface area contributed by atoms with Crippen molar-refractivity contribution in [1.82, 2.24) is 0 Å². The molecule has 1 aromatic carbocycles. The maximum atomic E-state index is 8.97. The summed E-state index contributed by atoms with van der Waals surface area (Å²) in [6.07, 6.45) is 0.696. The van der Waals surface area contributed by atoms with Crippen molar-refractivity contribution in [2.75, 3.05) is 18.1 Å². The first-order valence-corrected chi connectivity index (χ1v) is 6.78. The van der Waals surface area contributed by atoms with Gasteiger partial charge >= 0.3 is 0 Å². The standard InChI is InChI=1S/C13H20BrN3O/c1-9(2)17(6-3-7-18)12-8-10(14)4-5-11(12)13(15)16/h4-5,8-9,18H,3,6-7H2,1-2H3,(H3,15,16). The Morgan fingerprint density at radius 2 is 2.17 bits per heavy atom. The highest BCUT2D eigenvalue weighted by Gasteiger charge is 2.16. The molecule has 0 aliphatic rings. The molecule has 0 bridgehead atoms. The van der Waals surface area contributed by atoms with Crippen molar-refractivity contribution in [2.24, 2.45) is 5.73 Å². The van der Waals surface area contributed by atoms with Gasteiger partial charge in [0.2, 0.25) is 0 Å². The van der Waals surface area contributed by atoms with E-state index in [4.69, 9.17) is 16.2 Å². The normalized spacial score (nSPS) is 10.7. The van der Waals surface area contributed by atoms with Gasteiger partial charge in [0.05, 0.1) is 0 Å². The second-order valence-corrected chi connectivity index (χ2v) is 5.36. The second kappa shape index (κ2) is 6.75. The van der Waals surface area contributed by atoms with Crippen LogP contribution < -0.4 is 10.6 Å². The Balaban J connectivity index is 3.16. The Bertz CT molecular complexity index is 421. The molecule has 0 aromatic heterocycles. The number of benzene rings is 1. The van der Waals surface area contributed by atoms with E-state index in [9.17, 15) is 0 Å². The molecule has 1 aromatic rings. The average Bonchev–Trinajstić information content (AvgIpc) is 2.28. The number of nitrogens with one attached hydrogen (secondary N) is 1. The maximum Gasteiger partial charge on any atom is 0.124 e. The third-order valence-corrected chi connectivity index (χ3v) is 3.23. The molecular weight excluding hydrogens is 294 g/mol. The van der Waals surface area contributed by atoms with Gasteiger partial charge in [-0.15, -0.1) is 0 Å². The predicted octanol–water partition coefficient (Wildman–Crippen LogP) is 2.33. The minimum absolute atomic E-state index is 0.0622. The molecule has 0 heterocycles. The minimum atomic E-state index is 0.0622. The molecule has 5 heteroatoms. The Labute approximate surface area is 116 Å². The van der Waals surface area contributed by atoms with Gasteiger partial charge < -0.3 is 15.7 Å². The maximum absolute atomic E-state index is 8.97. The first-order chi connectivity index (χ1) is 8.47. The highest BCUT2D eigenvalue weighted by Crippen LogP contribution is 2.26. The molecule has 0 aliphatic heterocycles. The zero-order valence-corrected chi connectivity index (χ0v) is 12.4. The number of nitrogens with zero attached hydrogens (tertiary/aromatic N) is 1. The largest absolute Gasteiger partial charge is 0.396 e. The SMILES string of the molecule is CC(C)N(CCCO)c1cc(Br)ccc1C(=N)N. The fourth-order valence-corrected chi connectivity index (χ4v) is 2.22. The van der Waals surface area contributed by atoms with Gasteiger partial charge in [-0.3, -0.25) is 5.41 Å². The zero-order valence-electron chi connectivity index (χ0n) is 10.8. The fraction of sp³-hybridized carbons (Fsp3) is 0.462. The molecule has 0 aliphatic carbocycles. The minimum Gasteiger partial charge on any atom is -0.396 e. The van der Waals surface area contributed by atoms with Crippen molar-refractivity contribution in [3.05, 3.63) is 28.2 Å². The molecule has 0 saturated heterocycles. The van der Waals surface area contributed by atoms with E-state index in [0.717, 1.165) is 22.3 Å². The Hall–Kier alpha value is -1.07. The van der Waals surface area contributed by atoms with E-state index in [0.29, 0.717) is 6.42 Å². The average molecular weight is 314 g/mol. The first-order valence-electron chi connectivity index (χ1n) is 5.98. The van der Waals surface area contributed by atoms with Gasteiger partial charge in [-0.1, -0.05) is 15.9 Å². The van der Waals surface area contributed by atoms with Crippen LogP contribution in [-0.2, 0) is 0 Å². The van der Waals surface area contributed by atoms with Gasteiger partial charge in [-0.05, 0) is 38.5 Å². The third-order valence-electron chi connectivity index (χ3n) is 2.74. The van der Waals surface area contributed by atoms with Crippen LogP contribution in [0.25, 0.3) is 0 Å². The van der Waals surface area contributed by atoms with Crippen LogP contribution in [0.3, 0.4) is 0 Å². The van der Waals surface area contributed by atoms with Crippen LogP contribution >= 0.6 is 15.9 Å². The van der Waals surface area contributed by atoms with Gasteiger partial charge in [0.25, 0.3) is 0 Å². The van der Waals surface area contributed by atoms with Crippen molar-refractivity contribution in [3.63, 3.8) is 0 Å². The summed E-state index contributed by atoms with van der Waals surface area (Å²) < 4.78 is 0.956. The van der Waals surface area contributed by atoms with Crippen LogP contribution in [0, 0.1) is 5.41 Å². The first kappa shape index (κ1) is 15.0. The number of aliphatic hydroxyl groups excluding tert-OH is 1. The van der Waals surface area contributed by atoms with Crippen LogP contribution in [0.2, 0.25) is 0 Å². The summed E-state index contributed by atoms with van der Waals surface area (Å²) >= 11 is 3.44. The monoisotopic (exact) mass is 313 g/mol. The van der Waals surface area contributed by atoms with E-state index < -0.39 is 0 Å². The number of hydrogen-bond acceptors (Lipinski definition) is 3. The Morgan fingerprint density at radius 3 is 2.67 bits per heavy atom. The van der Waals surface area contributed by atoms with Crippen LogP contribution in [0.4, 0.5) is 5.69 Å². The van der Waals surface area contributed by atoms with Crippen molar-refractivity contribution < 1.29 is 5.11 Å². The van der Waals surface area contributed by atoms with Crippen LogP contribution in [0.5, 0.6) is 0 Å². The molecule has 1 rings (SSSR count). The number of amidine groups is 1. The number of anilines is 1. The van der Waals surface area contributed by atoms with Gasteiger partial charge in [-0.25, -0.2) is 0 Å². The molecular formula is C13H20BrN3O. The number of nitrogen functional groups attached to an aromatic ring is 1. The lowest BCUT2D eigenvalue weighted by Gasteiger charge is -2.30. The van der Waals surface area contributed by atoms with Gasteiger partial charge in [0, 0.05) is 34.9 Å². The lowest BCUT2D eigenvalue weighted by atomic mass is 10.1. The topological polar surface area (TPSA) is 73.3 Å². The molecule has 4 nitrogen and oxygen atoms in total. The quantitative estimate of drug-likeness (QED) is 0.557. The number of halogens is 1. The fourth-order valence-electron chi connectivity index (χ4n) is 1.87. The van der Waals surface area contributed by atoms with Crippen molar-refractivity contribution in [2.45, 2.75) is 26.3 Å². The lowest BCUT2D eigenvalue weighted by Crippen LogP contribution is -2.34. The smallest absolute Gasteiger partial charge is 0.124 e. The van der Waals surface area contributed by atoms with E-state index in [2.05, 4.69) is 34.7 Å². The number of hydrogen-bond donors (Lipinski definition) is 3. The number of nitrogens with two attached hydrogens (primary N) is 1. The summed E-state index contributed by atoms with van der Waals surface area (Å²) in [5.74, 6) is 0.0622. The summed E-state index contributed by atoms with van der Waals surface area (Å²) in [5, 5.41) is 16.6. The second-order valence-electron chi connectivity index (χ2n) is 4.44. The van der Waals surface area contributed by atoms with Gasteiger partial charge in [-0.2, -0.15) is 0 Å². The molecule has 4 N–H and O–H groups in total. The van der Waals surface area contributed by atoms with Crippen LogP contribution in [-0.4, -0.2) is 30.1 Å². The third kappa shape index (κ3) is 3.71. The van der Waals surface area contributed by atoms with E-state index in [-0.39, 0.29) is 18.5 Å². The number of aliphatic hydroxyl groups is 1. The summed E-state index contributed by atoms with van der Waals surface area (Å²) in [6.45, 7) is 5.07. The van der Waals surface area contributed by atoms with Crippen molar-refractivity contribution >= 4 is 27.5 Å². The molecule has 0 fully saturated rings. The molecule has 0 atom stereocenters. The molecule has 100 valence electrons. The van der Waals surface area contributed by atoms with E-state index in [1.54, 1.807) is 0 Å². The summed E-state index contributed by atoms with van der Waals surface area (Å²) in [4.78, 5) is 2.15. The van der Waals surface area contributed by atoms with E-state index >= 15 is 0 Å². The summed E-state index contributed by atoms with van der Waals surface area (Å²) in [6, 6.07) is 5.97. The molecule has 0 spiro atoms. The van der Waals surface area contributed by atoms with Crippen molar-refractivity contribution in [1.29, 1.82) is 5.41 Å². The molecule has 0 amide bonds. The van der Waals surface area contributed by atoms with Crippen molar-refractivity contribution in [3.8, 4) is 0 Å². The number of rotatable bonds is 6. The summed E-state index contributed by atoms with van der Waals surface area (Å²) in [7, 11) is 0. The van der Waals surface area contributed by atoms with Crippen LogP contribution in [0.15, 0.2) is 22.7 Å². The zero-order chi connectivity index (χ0) is 13.7. The van der Waals surface area contributed by atoms with Crippen LogP contribution in [0.1, 0.15) is 25.8 Å². The Morgan fingerprint density at radius 1 is 1.50 bits per heavy atom. The lowest BCUT2D eigenvalue weighted by molar-refractivity contribution is 0.288. The molecule has 18 heavy (non-hydrogen) atoms. The van der Waals surface area contributed by atoms with E-state index in [1.807, 2.05) is 18.2 Å². The summed E-state index contributed by atoms with van der Waals surface area (Å²) in [5.41, 5.74) is 7.28. The molecule has 0 unspecified atom stereocenters. The predicted molar refractivity (Wildman–Crippen MR) is 79.3 cm³/mol. The highest BCUT2D eigenvalue weighted by molar-refractivity contribution is 9.10. The van der Waals surface area contributed by atoms with E-state index in [1.165, 1.54) is 0 Å². The Kier molecular flexibility index (Phi) is 5.62. The highest BCUT2D eigenvalue weighted by atomic mass is 79.9. The van der Waals surface area contributed by atoms with Gasteiger partial charge in [0.1, 0.15) is 5.84 Å². The van der Waals surface area contributed by atoms with Gasteiger partial charge in [0.15, 0.2) is 0 Å². The molecule has 0 radical (unpaired) electrons. The molecule has 0 saturated carbocycles.